The fourth-order valence-electron chi connectivity index (χ4n) is 0.945. The summed E-state index contributed by atoms with van der Waals surface area (Å²) in [4.78, 5) is 12.7. The summed E-state index contributed by atoms with van der Waals surface area (Å²) < 4.78 is 0. The second-order valence-corrected chi connectivity index (χ2v) is 2.69. The molecule has 0 aromatic carbocycles. The van der Waals surface area contributed by atoms with Crippen LogP contribution in [-0.4, -0.2) is 24.4 Å². The Labute approximate surface area is 66.2 Å². The van der Waals surface area contributed by atoms with Crippen LogP contribution in [0.3, 0.4) is 0 Å². The summed E-state index contributed by atoms with van der Waals surface area (Å²) in [6.07, 6.45) is 3.63. The van der Waals surface area contributed by atoms with Crippen molar-refractivity contribution in [2.24, 2.45) is 5.73 Å². The van der Waals surface area contributed by atoms with Gasteiger partial charge in [-0.3, -0.25) is 4.79 Å². The molecule has 0 bridgehead atoms. The monoisotopic (exact) mass is 152 g/mol. The third kappa shape index (κ3) is 1.61. The molecule has 60 valence electrons. The number of nitrogens with zero attached hydrogens (tertiary/aromatic N) is 1. The van der Waals surface area contributed by atoms with Crippen molar-refractivity contribution in [2.45, 2.75) is 6.92 Å². The zero-order valence-corrected chi connectivity index (χ0v) is 6.79. The highest BCUT2D eigenvalue weighted by molar-refractivity contribution is 5.95. The van der Waals surface area contributed by atoms with E-state index in [9.17, 15) is 4.79 Å². The number of carbonyl (C=O) groups excluding carboxylic acids is 1. The molecule has 0 saturated heterocycles. The van der Waals surface area contributed by atoms with Crippen LogP contribution >= 0.6 is 0 Å². The van der Waals surface area contributed by atoms with Gasteiger partial charge in [0.1, 0.15) is 0 Å². The van der Waals surface area contributed by atoms with E-state index in [0.717, 1.165) is 12.2 Å². The van der Waals surface area contributed by atoms with Crippen molar-refractivity contribution in [1.29, 1.82) is 0 Å². The second-order valence-electron chi connectivity index (χ2n) is 2.69. The first-order valence-corrected chi connectivity index (χ1v) is 3.50. The molecule has 0 atom stereocenters. The third-order valence-electron chi connectivity index (χ3n) is 1.84. The molecule has 1 rings (SSSR count). The van der Waals surface area contributed by atoms with Crippen molar-refractivity contribution in [3.63, 3.8) is 0 Å². The molecule has 0 radical (unpaired) electrons. The van der Waals surface area contributed by atoms with E-state index in [4.69, 9.17) is 5.73 Å². The molecule has 1 heterocycles. The second kappa shape index (κ2) is 2.78. The van der Waals surface area contributed by atoms with Crippen LogP contribution in [0.1, 0.15) is 6.92 Å². The number of primary amides is 1. The highest BCUT2D eigenvalue weighted by Crippen LogP contribution is 2.11. The van der Waals surface area contributed by atoms with Crippen molar-refractivity contribution < 1.29 is 4.79 Å². The maximum Gasteiger partial charge on any atom is 0.248 e. The van der Waals surface area contributed by atoms with Crippen LogP contribution in [0.2, 0.25) is 0 Å². The van der Waals surface area contributed by atoms with Crippen LogP contribution in [-0.2, 0) is 4.79 Å². The zero-order valence-electron chi connectivity index (χ0n) is 6.79. The maximum absolute atomic E-state index is 10.7. The summed E-state index contributed by atoms with van der Waals surface area (Å²) in [5.74, 6) is -0.350. The highest BCUT2D eigenvalue weighted by atomic mass is 16.1. The van der Waals surface area contributed by atoms with Gasteiger partial charge in [0.2, 0.25) is 5.91 Å². The molecular weight excluding hydrogens is 140 g/mol. The SMILES string of the molecule is CC1=CC(C(N)=O)=CCN1C. The summed E-state index contributed by atoms with van der Waals surface area (Å²) >= 11 is 0. The smallest absolute Gasteiger partial charge is 0.248 e. The van der Waals surface area contributed by atoms with Gasteiger partial charge in [-0.2, -0.15) is 0 Å². The minimum absolute atomic E-state index is 0.350. The van der Waals surface area contributed by atoms with Crippen LogP contribution in [0.5, 0.6) is 0 Å². The van der Waals surface area contributed by atoms with Gasteiger partial charge in [0.05, 0.1) is 0 Å². The Morgan fingerprint density at radius 1 is 1.73 bits per heavy atom. The van der Waals surface area contributed by atoms with Crippen LogP contribution in [0.15, 0.2) is 23.4 Å². The third-order valence-corrected chi connectivity index (χ3v) is 1.84. The molecule has 3 nitrogen and oxygen atoms in total. The van der Waals surface area contributed by atoms with E-state index >= 15 is 0 Å². The Hall–Kier alpha value is -1.25. The van der Waals surface area contributed by atoms with Crippen LogP contribution < -0.4 is 5.73 Å². The molecule has 2 N–H and O–H groups in total. The number of hydrogen-bond acceptors (Lipinski definition) is 2. The number of nitrogens with two attached hydrogens (primary N) is 1. The van der Waals surface area contributed by atoms with E-state index in [2.05, 4.69) is 0 Å². The standard InChI is InChI=1S/C8H12N2O/c1-6-5-7(8(9)11)3-4-10(6)2/h3,5H,4H2,1-2H3,(H2,9,11). The first-order chi connectivity index (χ1) is 5.11. The van der Waals surface area contributed by atoms with Gasteiger partial charge in [0.25, 0.3) is 0 Å². The quantitative estimate of drug-likeness (QED) is 0.585. The van der Waals surface area contributed by atoms with Crippen LogP contribution in [0.25, 0.3) is 0 Å². The number of carbonyl (C=O) groups is 1. The topological polar surface area (TPSA) is 46.3 Å². The molecule has 0 unspecified atom stereocenters. The highest BCUT2D eigenvalue weighted by Gasteiger charge is 2.09. The van der Waals surface area contributed by atoms with E-state index in [1.54, 1.807) is 6.08 Å². The lowest BCUT2D eigenvalue weighted by Gasteiger charge is -2.21. The van der Waals surface area contributed by atoms with Crippen molar-refractivity contribution in [2.75, 3.05) is 13.6 Å². The minimum atomic E-state index is -0.350. The minimum Gasteiger partial charge on any atom is -0.374 e. The number of rotatable bonds is 1. The molecule has 3 heteroatoms. The summed E-state index contributed by atoms with van der Waals surface area (Å²) in [6, 6.07) is 0. The molecule has 0 fully saturated rings. The molecule has 11 heavy (non-hydrogen) atoms. The van der Waals surface area contributed by atoms with Crippen molar-refractivity contribution in [3.05, 3.63) is 23.4 Å². The van der Waals surface area contributed by atoms with Crippen molar-refractivity contribution >= 4 is 5.91 Å². The van der Waals surface area contributed by atoms with Crippen LogP contribution in [0.4, 0.5) is 0 Å². The van der Waals surface area contributed by atoms with E-state index in [1.807, 2.05) is 24.9 Å². The zero-order chi connectivity index (χ0) is 8.43. The van der Waals surface area contributed by atoms with Crippen molar-refractivity contribution in [3.8, 4) is 0 Å². The molecule has 0 aromatic rings. The van der Waals surface area contributed by atoms with Gasteiger partial charge in [0, 0.05) is 24.9 Å². The predicted octanol–water partition coefficient (Wildman–Crippen LogP) is 0.247. The molecule has 1 aliphatic rings. The molecule has 1 amide bonds. The van der Waals surface area contributed by atoms with Gasteiger partial charge in [-0.25, -0.2) is 0 Å². The van der Waals surface area contributed by atoms with Gasteiger partial charge < -0.3 is 10.6 Å². The lowest BCUT2D eigenvalue weighted by atomic mass is 10.1. The molecular formula is C8H12N2O. The largest absolute Gasteiger partial charge is 0.374 e. The summed E-state index contributed by atoms with van der Waals surface area (Å²) in [5.41, 5.74) is 6.79. The first kappa shape index (κ1) is 7.85. The normalized spacial score (nSPS) is 17.5. The Morgan fingerprint density at radius 3 is 2.82 bits per heavy atom. The lowest BCUT2D eigenvalue weighted by molar-refractivity contribution is -0.114. The van der Waals surface area contributed by atoms with E-state index in [0.29, 0.717) is 5.57 Å². The van der Waals surface area contributed by atoms with Gasteiger partial charge in [0.15, 0.2) is 0 Å². The lowest BCUT2D eigenvalue weighted by Crippen LogP contribution is -2.23. The summed E-state index contributed by atoms with van der Waals surface area (Å²) in [6.45, 7) is 2.72. The predicted molar refractivity (Wildman–Crippen MR) is 43.7 cm³/mol. The van der Waals surface area contributed by atoms with Crippen molar-refractivity contribution in [1.82, 2.24) is 4.90 Å². The average molecular weight is 152 g/mol. The average Bonchev–Trinajstić information content (AvgIpc) is 1.94. The molecule has 1 aliphatic heterocycles. The fourth-order valence-corrected chi connectivity index (χ4v) is 0.945. The molecule has 0 aliphatic carbocycles. The molecule has 0 spiro atoms. The fraction of sp³-hybridized carbons (Fsp3) is 0.375. The van der Waals surface area contributed by atoms with Gasteiger partial charge in [-0.1, -0.05) is 6.08 Å². The molecule has 0 saturated carbocycles. The molecule has 0 aromatic heterocycles. The summed E-state index contributed by atoms with van der Waals surface area (Å²) in [5, 5.41) is 0. The Balaban J connectivity index is 2.83. The number of amides is 1. The Bertz CT molecular complexity index is 240. The van der Waals surface area contributed by atoms with E-state index in [1.165, 1.54) is 0 Å². The Kier molecular flexibility index (Phi) is 1.98. The van der Waals surface area contributed by atoms with Gasteiger partial charge in [-0.15, -0.1) is 0 Å². The Morgan fingerprint density at radius 2 is 2.36 bits per heavy atom. The maximum atomic E-state index is 10.7. The summed E-state index contributed by atoms with van der Waals surface area (Å²) in [7, 11) is 1.97. The number of hydrogen-bond donors (Lipinski definition) is 1. The number of likely N-dealkylation sites (N-methyl/N-ethyl adjacent to an activating group) is 1. The van der Waals surface area contributed by atoms with Gasteiger partial charge >= 0.3 is 0 Å². The van der Waals surface area contributed by atoms with Crippen LogP contribution in [0, 0.1) is 0 Å². The van der Waals surface area contributed by atoms with Gasteiger partial charge in [-0.05, 0) is 13.0 Å². The number of allylic oxidation sites excluding steroid dienone is 1. The van der Waals surface area contributed by atoms with E-state index in [-0.39, 0.29) is 5.91 Å². The van der Waals surface area contributed by atoms with E-state index < -0.39 is 0 Å². The first-order valence-electron chi connectivity index (χ1n) is 3.50.